The van der Waals surface area contributed by atoms with Crippen LogP contribution in [-0.2, 0) is 9.59 Å². The van der Waals surface area contributed by atoms with Gasteiger partial charge in [-0.05, 0) is 19.3 Å². The first kappa shape index (κ1) is 12.0. The molecule has 2 atom stereocenters. The highest BCUT2D eigenvalue weighted by atomic mass is 16.3. The maximum absolute atomic E-state index is 12.3. The van der Waals surface area contributed by atoms with Crippen LogP contribution in [0.3, 0.4) is 0 Å². The molecule has 5 nitrogen and oxygen atoms in total. The number of hydrogen-bond acceptors (Lipinski definition) is 3. The van der Waals surface area contributed by atoms with Gasteiger partial charge in [0, 0.05) is 44.6 Å². The van der Waals surface area contributed by atoms with Gasteiger partial charge in [-0.15, -0.1) is 0 Å². The van der Waals surface area contributed by atoms with Gasteiger partial charge >= 0.3 is 0 Å². The Balaban J connectivity index is 1.58. The maximum atomic E-state index is 12.3. The van der Waals surface area contributed by atoms with Crippen molar-refractivity contribution in [1.82, 2.24) is 9.80 Å². The van der Waals surface area contributed by atoms with E-state index in [1.54, 1.807) is 0 Å². The van der Waals surface area contributed by atoms with Crippen LogP contribution in [0.25, 0.3) is 0 Å². The molecule has 0 aromatic carbocycles. The third kappa shape index (κ3) is 2.11. The standard InChI is InChI=1S/C13H20N2O3/c16-8-9-3-4-14(6-9)13(18)10-5-12(17)15(7-10)11-1-2-11/h9-11,16H,1-8H2. The van der Waals surface area contributed by atoms with E-state index in [0.717, 1.165) is 25.8 Å². The lowest BCUT2D eigenvalue weighted by atomic mass is 10.1. The summed E-state index contributed by atoms with van der Waals surface area (Å²) in [6.45, 7) is 2.16. The average Bonchev–Trinajstić information content (AvgIpc) is 2.97. The normalized spacial score (nSPS) is 32.4. The molecule has 2 saturated heterocycles. The molecule has 1 saturated carbocycles. The molecule has 100 valence electrons. The van der Waals surface area contributed by atoms with Crippen molar-refractivity contribution in [3.05, 3.63) is 0 Å². The lowest BCUT2D eigenvalue weighted by molar-refractivity contribution is -0.135. The first-order chi connectivity index (χ1) is 8.69. The van der Waals surface area contributed by atoms with Crippen LogP contribution in [-0.4, -0.2) is 59.0 Å². The molecule has 5 heteroatoms. The molecule has 18 heavy (non-hydrogen) atoms. The number of aliphatic hydroxyl groups is 1. The summed E-state index contributed by atoms with van der Waals surface area (Å²) in [6.07, 6.45) is 3.47. The zero-order valence-electron chi connectivity index (χ0n) is 10.5. The van der Waals surface area contributed by atoms with Crippen LogP contribution in [0, 0.1) is 11.8 Å². The maximum Gasteiger partial charge on any atom is 0.228 e. The van der Waals surface area contributed by atoms with Gasteiger partial charge in [-0.25, -0.2) is 0 Å². The zero-order valence-corrected chi connectivity index (χ0v) is 10.5. The molecule has 2 amide bonds. The molecule has 0 radical (unpaired) electrons. The monoisotopic (exact) mass is 252 g/mol. The second-order valence-electron chi connectivity index (χ2n) is 5.80. The van der Waals surface area contributed by atoms with E-state index in [2.05, 4.69) is 0 Å². The smallest absolute Gasteiger partial charge is 0.228 e. The lowest BCUT2D eigenvalue weighted by Crippen LogP contribution is -2.36. The van der Waals surface area contributed by atoms with Gasteiger partial charge < -0.3 is 14.9 Å². The number of aliphatic hydroxyl groups excluding tert-OH is 1. The van der Waals surface area contributed by atoms with Crippen LogP contribution in [0.1, 0.15) is 25.7 Å². The Morgan fingerprint density at radius 2 is 2.06 bits per heavy atom. The van der Waals surface area contributed by atoms with Crippen molar-refractivity contribution in [3.8, 4) is 0 Å². The molecule has 3 rings (SSSR count). The number of amides is 2. The minimum Gasteiger partial charge on any atom is -0.396 e. The molecule has 3 aliphatic rings. The van der Waals surface area contributed by atoms with Crippen LogP contribution in [0.15, 0.2) is 0 Å². The van der Waals surface area contributed by atoms with Crippen LogP contribution in [0.2, 0.25) is 0 Å². The minimum absolute atomic E-state index is 0.113. The number of hydrogen-bond donors (Lipinski definition) is 1. The molecule has 1 N–H and O–H groups in total. The fourth-order valence-electron chi connectivity index (χ4n) is 3.08. The van der Waals surface area contributed by atoms with Crippen molar-refractivity contribution in [2.24, 2.45) is 11.8 Å². The molecular formula is C13H20N2O3. The summed E-state index contributed by atoms with van der Waals surface area (Å²) in [7, 11) is 0. The van der Waals surface area contributed by atoms with Crippen molar-refractivity contribution in [3.63, 3.8) is 0 Å². The van der Waals surface area contributed by atoms with Crippen LogP contribution < -0.4 is 0 Å². The van der Waals surface area contributed by atoms with Crippen molar-refractivity contribution in [2.75, 3.05) is 26.2 Å². The Hall–Kier alpha value is -1.10. The summed E-state index contributed by atoms with van der Waals surface area (Å²) in [5, 5.41) is 9.10. The molecule has 2 unspecified atom stereocenters. The van der Waals surface area contributed by atoms with Gasteiger partial charge in [0.05, 0.1) is 5.92 Å². The summed E-state index contributed by atoms with van der Waals surface area (Å²) < 4.78 is 0. The first-order valence-electron chi connectivity index (χ1n) is 6.88. The summed E-state index contributed by atoms with van der Waals surface area (Å²) >= 11 is 0. The number of carbonyl (C=O) groups is 2. The van der Waals surface area contributed by atoms with Gasteiger partial charge in [-0.3, -0.25) is 9.59 Å². The second-order valence-corrected chi connectivity index (χ2v) is 5.80. The van der Waals surface area contributed by atoms with E-state index in [-0.39, 0.29) is 30.3 Å². The van der Waals surface area contributed by atoms with E-state index in [9.17, 15) is 9.59 Å². The lowest BCUT2D eigenvalue weighted by Gasteiger charge is -2.20. The third-order valence-corrected chi connectivity index (χ3v) is 4.35. The van der Waals surface area contributed by atoms with Crippen LogP contribution in [0.5, 0.6) is 0 Å². The van der Waals surface area contributed by atoms with E-state index in [0.29, 0.717) is 25.6 Å². The van der Waals surface area contributed by atoms with E-state index in [4.69, 9.17) is 5.11 Å². The average molecular weight is 252 g/mol. The molecule has 2 heterocycles. The van der Waals surface area contributed by atoms with Gasteiger partial charge in [0.1, 0.15) is 0 Å². The quantitative estimate of drug-likeness (QED) is 0.759. The van der Waals surface area contributed by atoms with Crippen molar-refractivity contribution in [2.45, 2.75) is 31.7 Å². The van der Waals surface area contributed by atoms with Gasteiger partial charge in [0.25, 0.3) is 0 Å². The van der Waals surface area contributed by atoms with Gasteiger partial charge in [0.15, 0.2) is 0 Å². The van der Waals surface area contributed by atoms with Gasteiger partial charge in [-0.2, -0.15) is 0 Å². The summed E-state index contributed by atoms with van der Waals surface area (Å²) in [6, 6.07) is 0.416. The Labute approximate surface area is 107 Å². The number of carbonyl (C=O) groups excluding carboxylic acids is 2. The molecule has 3 fully saturated rings. The largest absolute Gasteiger partial charge is 0.396 e. The number of rotatable bonds is 3. The third-order valence-electron chi connectivity index (χ3n) is 4.35. The molecule has 0 aromatic rings. The molecule has 0 bridgehead atoms. The minimum atomic E-state index is -0.143. The topological polar surface area (TPSA) is 60.9 Å². The van der Waals surface area contributed by atoms with Crippen molar-refractivity contribution in [1.29, 1.82) is 0 Å². The van der Waals surface area contributed by atoms with Gasteiger partial charge in [0.2, 0.25) is 11.8 Å². The van der Waals surface area contributed by atoms with Crippen LogP contribution in [0.4, 0.5) is 0 Å². The summed E-state index contributed by atoms with van der Waals surface area (Å²) in [5.74, 6) is 0.345. The Morgan fingerprint density at radius 1 is 1.28 bits per heavy atom. The van der Waals surface area contributed by atoms with E-state index >= 15 is 0 Å². The number of likely N-dealkylation sites (tertiary alicyclic amines) is 2. The van der Waals surface area contributed by atoms with Crippen molar-refractivity contribution < 1.29 is 14.7 Å². The number of nitrogens with zero attached hydrogens (tertiary/aromatic N) is 2. The highest BCUT2D eigenvalue weighted by molar-refractivity contribution is 5.89. The summed E-state index contributed by atoms with van der Waals surface area (Å²) in [5.41, 5.74) is 0. The van der Waals surface area contributed by atoms with Crippen molar-refractivity contribution >= 4 is 11.8 Å². The fourth-order valence-corrected chi connectivity index (χ4v) is 3.08. The predicted octanol–water partition coefficient (Wildman–Crippen LogP) is -0.162. The van der Waals surface area contributed by atoms with Gasteiger partial charge in [-0.1, -0.05) is 0 Å². The fraction of sp³-hybridized carbons (Fsp3) is 0.846. The molecule has 1 aliphatic carbocycles. The molecule has 2 aliphatic heterocycles. The first-order valence-corrected chi connectivity index (χ1v) is 6.88. The second kappa shape index (κ2) is 4.53. The molecule has 0 spiro atoms. The highest BCUT2D eigenvalue weighted by Crippen LogP contribution is 2.33. The SMILES string of the molecule is O=C(C1CC(=O)N(C2CC2)C1)N1CCC(CO)C1. The summed E-state index contributed by atoms with van der Waals surface area (Å²) in [4.78, 5) is 27.8. The predicted molar refractivity (Wildman–Crippen MR) is 64.6 cm³/mol. The zero-order chi connectivity index (χ0) is 12.7. The Morgan fingerprint density at radius 3 is 2.67 bits per heavy atom. The van der Waals surface area contributed by atoms with E-state index < -0.39 is 0 Å². The van der Waals surface area contributed by atoms with Crippen LogP contribution >= 0.6 is 0 Å². The Kier molecular flexibility index (Phi) is 3.01. The van der Waals surface area contributed by atoms with E-state index in [1.807, 2.05) is 9.80 Å². The molecular weight excluding hydrogens is 232 g/mol. The molecule has 0 aromatic heterocycles. The van der Waals surface area contributed by atoms with E-state index in [1.165, 1.54) is 0 Å². The highest BCUT2D eigenvalue weighted by Gasteiger charge is 2.43. The Bertz CT molecular complexity index is 367.